The van der Waals surface area contributed by atoms with Gasteiger partial charge in [-0.1, -0.05) is 18.5 Å². The van der Waals surface area contributed by atoms with E-state index in [0.717, 1.165) is 6.42 Å². The number of hydrogen-bond donors (Lipinski definition) is 2. The van der Waals surface area contributed by atoms with Crippen molar-refractivity contribution in [2.24, 2.45) is 5.16 Å². The Morgan fingerprint density at radius 2 is 2.00 bits per heavy atom. The Labute approximate surface area is 65.5 Å². The van der Waals surface area contributed by atoms with Gasteiger partial charge in [0.1, 0.15) is 0 Å². The number of oxime groups is 1. The lowest BCUT2D eigenvalue weighted by Gasteiger charge is -1.98. The molecular weight excluding hydrogens is 146 g/mol. The van der Waals surface area contributed by atoms with Crippen LogP contribution in [0.25, 0.3) is 0 Å². The lowest BCUT2D eigenvalue weighted by molar-refractivity contribution is -0.136. The van der Waals surface area contributed by atoms with Crippen LogP contribution in [0, 0.1) is 0 Å². The van der Waals surface area contributed by atoms with Crippen LogP contribution in [0.4, 0.5) is 0 Å². The molecule has 0 unspecified atom stereocenters. The highest BCUT2D eigenvalue weighted by atomic mass is 16.4. The van der Waals surface area contributed by atoms with Crippen molar-refractivity contribution in [3.8, 4) is 0 Å². The third kappa shape index (κ3) is 5.39. The van der Waals surface area contributed by atoms with Crippen molar-refractivity contribution in [3.05, 3.63) is 0 Å². The van der Waals surface area contributed by atoms with Crippen molar-refractivity contribution in [3.63, 3.8) is 0 Å². The molecule has 0 aliphatic heterocycles. The second kappa shape index (κ2) is 5.70. The van der Waals surface area contributed by atoms with E-state index in [2.05, 4.69) is 5.16 Å². The fourth-order valence-electron chi connectivity index (χ4n) is 0.765. The van der Waals surface area contributed by atoms with E-state index in [9.17, 15) is 4.79 Å². The summed E-state index contributed by atoms with van der Waals surface area (Å²) in [6.07, 6.45) is 1.93. The number of hydrogen-bond acceptors (Lipinski definition) is 3. The first-order chi connectivity index (χ1) is 5.20. The molecule has 0 bridgehead atoms. The summed E-state index contributed by atoms with van der Waals surface area (Å²) in [7, 11) is 0. The molecule has 0 aromatic carbocycles. The lowest BCUT2D eigenvalue weighted by Crippen LogP contribution is -2.03. The Morgan fingerprint density at radius 3 is 2.36 bits per heavy atom. The first-order valence-corrected chi connectivity index (χ1v) is 3.62. The monoisotopic (exact) mass is 159 g/mol. The van der Waals surface area contributed by atoms with Gasteiger partial charge in [-0.05, 0) is 12.8 Å². The summed E-state index contributed by atoms with van der Waals surface area (Å²) in [6.45, 7) is 1.95. The van der Waals surface area contributed by atoms with E-state index >= 15 is 0 Å². The summed E-state index contributed by atoms with van der Waals surface area (Å²) in [6, 6.07) is 0. The summed E-state index contributed by atoms with van der Waals surface area (Å²) in [4.78, 5) is 10.1. The van der Waals surface area contributed by atoms with E-state index in [1.54, 1.807) is 0 Å². The number of nitrogens with zero attached hydrogens (tertiary/aromatic N) is 1. The highest BCUT2D eigenvalue weighted by molar-refractivity contribution is 5.86. The molecule has 4 heteroatoms. The Kier molecular flexibility index (Phi) is 5.15. The number of carboxylic acids is 1. The first kappa shape index (κ1) is 9.94. The highest BCUT2D eigenvalue weighted by Gasteiger charge is 2.02. The van der Waals surface area contributed by atoms with Gasteiger partial charge in [0, 0.05) is 0 Å². The van der Waals surface area contributed by atoms with Gasteiger partial charge in [-0.2, -0.15) is 0 Å². The number of rotatable bonds is 5. The third-order valence-corrected chi connectivity index (χ3v) is 1.31. The second-order valence-electron chi connectivity index (χ2n) is 2.31. The predicted octanol–water partition coefficient (Wildman–Crippen LogP) is 1.48. The van der Waals surface area contributed by atoms with E-state index in [0.29, 0.717) is 18.6 Å². The van der Waals surface area contributed by atoms with Gasteiger partial charge >= 0.3 is 5.97 Å². The Bertz CT molecular complexity index is 154. The summed E-state index contributed by atoms with van der Waals surface area (Å²) in [5.41, 5.74) is 0.565. The summed E-state index contributed by atoms with van der Waals surface area (Å²) < 4.78 is 0. The van der Waals surface area contributed by atoms with Gasteiger partial charge < -0.3 is 10.3 Å². The predicted molar refractivity (Wildman–Crippen MR) is 41.0 cm³/mol. The topological polar surface area (TPSA) is 69.9 Å². The SMILES string of the molecule is CCC/C(CCC(=O)O)=N/O. The van der Waals surface area contributed by atoms with Crippen molar-refractivity contribution >= 4 is 11.7 Å². The summed E-state index contributed by atoms with van der Waals surface area (Å²) >= 11 is 0. The Hall–Kier alpha value is -1.06. The van der Waals surface area contributed by atoms with Crippen LogP contribution in [0.15, 0.2) is 5.16 Å². The minimum atomic E-state index is -0.859. The highest BCUT2D eigenvalue weighted by Crippen LogP contribution is 2.00. The number of carbonyl (C=O) groups is 1. The van der Waals surface area contributed by atoms with Crippen LogP contribution < -0.4 is 0 Å². The van der Waals surface area contributed by atoms with Gasteiger partial charge in [0.05, 0.1) is 12.1 Å². The van der Waals surface area contributed by atoms with Crippen molar-refractivity contribution < 1.29 is 15.1 Å². The molecule has 0 saturated heterocycles. The van der Waals surface area contributed by atoms with Crippen LogP contribution in [-0.2, 0) is 4.79 Å². The molecule has 0 aromatic rings. The maximum Gasteiger partial charge on any atom is 0.303 e. The van der Waals surface area contributed by atoms with Crippen LogP contribution in [0.1, 0.15) is 32.6 Å². The fourth-order valence-corrected chi connectivity index (χ4v) is 0.765. The van der Waals surface area contributed by atoms with Crippen LogP contribution in [0.5, 0.6) is 0 Å². The van der Waals surface area contributed by atoms with Crippen molar-refractivity contribution in [1.29, 1.82) is 0 Å². The van der Waals surface area contributed by atoms with E-state index < -0.39 is 5.97 Å². The van der Waals surface area contributed by atoms with Gasteiger partial charge in [-0.15, -0.1) is 0 Å². The van der Waals surface area contributed by atoms with Gasteiger partial charge in [-0.3, -0.25) is 4.79 Å². The molecule has 0 heterocycles. The molecule has 0 fully saturated rings. The van der Waals surface area contributed by atoms with Crippen molar-refractivity contribution in [1.82, 2.24) is 0 Å². The van der Waals surface area contributed by atoms with Crippen LogP contribution in [0.2, 0.25) is 0 Å². The van der Waals surface area contributed by atoms with Gasteiger partial charge in [0.2, 0.25) is 0 Å². The van der Waals surface area contributed by atoms with Crippen LogP contribution in [0.3, 0.4) is 0 Å². The Balaban J connectivity index is 3.62. The zero-order valence-electron chi connectivity index (χ0n) is 6.58. The molecule has 0 saturated carbocycles. The molecule has 2 N–H and O–H groups in total. The van der Waals surface area contributed by atoms with E-state index in [4.69, 9.17) is 10.3 Å². The Morgan fingerprint density at radius 1 is 1.36 bits per heavy atom. The average Bonchev–Trinajstić information content (AvgIpc) is 1.97. The number of carboxylic acid groups (broad SMARTS) is 1. The normalized spacial score (nSPS) is 11.5. The lowest BCUT2D eigenvalue weighted by atomic mass is 10.1. The molecule has 0 spiro atoms. The first-order valence-electron chi connectivity index (χ1n) is 3.62. The summed E-state index contributed by atoms with van der Waals surface area (Å²) in [5, 5.41) is 19.7. The maximum atomic E-state index is 10.1. The smallest absolute Gasteiger partial charge is 0.303 e. The standard InChI is InChI=1S/C7H13NO3/c1-2-3-6(8-11)4-5-7(9)10/h11H,2-5H2,1H3,(H,9,10)/b8-6-. The summed E-state index contributed by atoms with van der Waals surface area (Å²) in [5.74, 6) is -0.859. The minimum Gasteiger partial charge on any atom is -0.481 e. The molecule has 11 heavy (non-hydrogen) atoms. The molecule has 0 aliphatic rings. The second-order valence-corrected chi connectivity index (χ2v) is 2.31. The molecule has 0 aromatic heterocycles. The molecule has 4 nitrogen and oxygen atoms in total. The largest absolute Gasteiger partial charge is 0.481 e. The fraction of sp³-hybridized carbons (Fsp3) is 0.714. The quantitative estimate of drug-likeness (QED) is 0.362. The zero-order chi connectivity index (χ0) is 8.69. The molecule has 0 rings (SSSR count). The number of aliphatic carboxylic acids is 1. The third-order valence-electron chi connectivity index (χ3n) is 1.31. The molecule has 64 valence electrons. The van der Waals surface area contributed by atoms with Crippen molar-refractivity contribution in [2.45, 2.75) is 32.6 Å². The van der Waals surface area contributed by atoms with Gasteiger partial charge in [0.25, 0.3) is 0 Å². The zero-order valence-corrected chi connectivity index (χ0v) is 6.58. The van der Waals surface area contributed by atoms with E-state index in [-0.39, 0.29) is 6.42 Å². The maximum absolute atomic E-state index is 10.1. The van der Waals surface area contributed by atoms with Crippen LogP contribution in [-0.4, -0.2) is 22.0 Å². The van der Waals surface area contributed by atoms with Gasteiger partial charge in [-0.25, -0.2) is 0 Å². The molecule has 0 atom stereocenters. The molecular formula is C7H13NO3. The van der Waals surface area contributed by atoms with Gasteiger partial charge in [0.15, 0.2) is 0 Å². The van der Waals surface area contributed by atoms with Crippen LogP contribution >= 0.6 is 0 Å². The van der Waals surface area contributed by atoms with E-state index in [1.807, 2.05) is 6.92 Å². The molecule has 0 aliphatic carbocycles. The van der Waals surface area contributed by atoms with E-state index in [1.165, 1.54) is 0 Å². The minimum absolute atomic E-state index is 0.0411. The average molecular weight is 159 g/mol. The van der Waals surface area contributed by atoms with Crippen molar-refractivity contribution in [2.75, 3.05) is 0 Å². The molecule has 0 amide bonds. The molecule has 0 radical (unpaired) electrons.